The third-order valence-corrected chi connectivity index (χ3v) is 5.04. The summed E-state index contributed by atoms with van der Waals surface area (Å²) in [6, 6.07) is 15.2. The molecule has 23 heavy (non-hydrogen) atoms. The normalized spacial score (nSPS) is 11.9. The van der Waals surface area contributed by atoms with Crippen molar-refractivity contribution in [3.63, 3.8) is 0 Å². The van der Waals surface area contributed by atoms with Crippen LogP contribution >= 0.6 is 0 Å². The highest BCUT2D eigenvalue weighted by molar-refractivity contribution is 6.27. The Hall–Kier alpha value is -2.48. The third-order valence-electron chi connectivity index (χ3n) is 5.04. The fourth-order valence-electron chi connectivity index (χ4n) is 3.83. The van der Waals surface area contributed by atoms with Gasteiger partial charge in [-0.15, -0.1) is 0 Å². The van der Waals surface area contributed by atoms with E-state index in [1.54, 1.807) is 0 Å². The molecular formula is C21H22N2. The second kappa shape index (κ2) is 5.31. The Bertz CT molecular complexity index is 985. The van der Waals surface area contributed by atoms with E-state index < -0.39 is 0 Å². The van der Waals surface area contributed by atoms with E-state index in [4.69, 9.17) is 11.5 Å². The first-order chi connectivity index (χ1) is 11.2. The second-order valence-electron chi connectivity index (χ2n) is 6.44. The van der Waals surface area contributed by atoms with Crippen molar-refractivity contribution in [2.24, 2.45) is 0 Å². The highest BCUT2D eigenvalue weighted by atomic mass is 14.7. The molecule has 0 aromatic heterocycles. The number of rotatable bonds is 4. The van der Waals surface area contributed by atoms with E-state index in [2.05, 4.69) is 49.4 Å². The fourth-order valence-corrected chi connectivity index (χ4v) is 3.83. The SMILES string of the molecule is CCCCCc1c(N)c(N)c2ccc3cccc4ccc1c2c34. The summed E-state index contributed by atoms with van der Waals surface area (Å²) in [5, 5.41) is 7.48. The predicted octanol–water partition coefficient (Wildman–Crippen LogP) is 5.48. The van der Waals surface area contributed by atoms with Crippen LogP contribution in [0.1, 0.15) is 31.7 Å². The Kier molecular flexibility index (Phi) is 3.26. The number of benzene rings is 4. The van der Waals surface area contributed by atoms with Gasteiger partial charge in [0.2, 0.25) is 0 Å². The Labute approximate surface area is 136 Å². The van der Waals surface area contributed by atoms with Crippen molar-refractivity contribution < 1.29 is 0 Å². The topological polar surface area (TPSA) is 52.0 Å². The minimum absolute atomic E-state index is 0.738. The third kappa shape index (κ3) is 2.02. The van der Waals surface area contributed by atoms with Crippen molar-refractivity contribution in [1.29, 1.82) is 0 Å². The standard InChI is InChI=1S/C21H22N2/c1-2-3-4-8-16-15-11-9-13-6-5-7-14-10-12-17(19(15)18(13)14)21(23)20(16)22/h5-7,9-12H,2-4,8,22-23H2,1H3. The first kappa shape index (κ1) is 14.1. The van der Waals surface area contributed by atoms with Crippen molar-refractivity contribution in [3.05, 3.63) is 48.0 Å². The van der Waals surface area contributed by atoms with Gasteiger partial charge in [0.05, 0.1) is 11.4 Å². The molecule has 4 N–H and O–H groups in total. The van der Waals surface area contributed by atoms with Crippen molar-refractivity contribution >= 4 is 43.7 Å². The van der Waals surface area contributed by atoms with Crippen LogP contribution in [0.5, 0.6) is 0 Å². The number of hydrogen-bond donors (Lipinski definition) is 2. The summed E-state index contributed by atoms with van der Waals surface area (Å²) in [6.07, 6.45) is 4.59. The lowest BCUT2D eigenvalue weighted by atomic mass is 9.88. The van der Waals surface area contributed by atoms with Crippen LogP contribution in [0.4, 0.5) is 11.4 Å². The minimum atomic E-state index is 0.738. The molecule has 4 rings (SSSR count). The molecule has 0 aliphatic carbocycles. The Morgan fingerprint density at radius 3 is 2.13 bits per heavy atom. The summed E-state index contributed by atoms with van der Waals surface area (Å²) in [7, 11) is 0. The highest BCUT2D eigenvalue weighted by Gasteiger charge is 2.16. The number of aryl methyl sites for hydroxylation is 1. The molecule has 0 saturated heterocycles. The zero-order valence-corrected chi connectivity index (χ0v) is 13.5. The van der Waals surface area contributed by atoms with Crippen molar-refractivity contribution in [2.75, 3.05) is 11.5 Å². The summed E-state index contributed by atoms with van der Waals surface area (Å²) in [6.45, 7) is 2.22. The van der Waals surface area contributed by atoms with Crippen LogP contribution in [0.25, 0.3) is 32.3 Å². The second-order valence-corrected chi connectivity index (χ2v) is 6.44. The van der Waals surface area contributed by atoms with E-state index in [1.807, 2.05) is 0 Å². The van der Waals surface area contributed by atoms with Crippen LogP contribution in [-0.2, 0) is 6.42 Å². The van der Waals surface area contributed by atoms with Gasteiger partial charge in [-0.2, -0.15) is 0 Å². The first-order valence-corrected chi connectivity index (χ1v) is 8.45. The number of unbranched alkanes of at least 4 members (excludes halogenated alkanes) is 2. The van der Waals surface area contributed by atoms with Gasteiger partial charge in [-0.3, -0.25) is 0 Å². The largest absolute Gasteiger partial charge is 0.397 e. The molecule has 0 amide bonds. The molecule has 0 bridgehead atoms. The summed E-state index contributed by atoms with van der Waals surface area (Å²) >= 11 is 0. The molecule has 2 heteroatoms. The molecule has 0 atom stereocenters. The molecule has 0 saturated carbocycles. The summed E-state index contributed by atoms with van der Waals surface area (Å²) in [4.78, 5) is 0. The number of nitrogen functional groups attached to an aromatic ring is 2. The molecule has 0 unspecified atom stereocenters. The van der Waals surface area contributed by atoms with Gasteiger partial charge in [0, 0.05) is 5.39 Å². The van der Waals surface area contributed by atoms with Gasteiger partial charge in [-0.1, -0.05) is 62.2 Å². The zero-order chi connectivity index (χ0) is 16.0. The lowest BCUT2D eigenvalue weighted by Gasteiger charge is -2.18. The van der Waals surface area contributed by atoms with Gasteiger partial charge in [0.25, 0.3) is 0 Å². The zero-order valence-electron chi connectivity index (χ0n) is 13.5. The smallest absolute Gasteiger partial charge is 0.0630 e. The molecular weight excluding hydrogens is 280 g/mol. The fraction of sp³-hybridized carbons (Fsp3) is 0.238. The summed E-state index contributed by atoms with van der Waals surface area (Å²) in [5.74, 6) is 0. The van der Waals surface area contributed by atoms with E-state index >= 15 is 0 Å². The van der Waals surface area contributed by atoms with E-state index in [-0.39, 0.29) is 0 Å². The minimum Gasteiger partial charge on any atom is -0.397 e. The van der Waals surface area contributed by atoms with E-state index in [0.717, 1.165) is 29.6 Å². The van der Waals surface area contributed by atoms with Crippen LogP contribution in [-0.4, -0.2) is 0 Å². The molecule has 0 fully saturated rings. The molecule has 4 aromatic rings. The molecule has 2 nitrogen and oxygen atoms in total. The maximum absolute atomic E-state index is 6.41. The summed E-state index contributed by atoms with van der Waals surface area (Å²) in [5.41, 5.74) is 15.6. The molecule has 0 heterocycles. The van der Waals surface area contributed by atoms with Crippen molar-refractivity contribution in [3.8, 4) is 0 Å². The maximum Gasteiger partial charge on any atom is 0.0630 e. The lowest BCUT2D eigenvalue weighted by Crippen LogP contribution is -2.03. The number of nitrogens with two attached hydrogens (primary N) is 2. The van der Waals surface area contributed by atoms with Crippen molar-refractivity contribution in [2.45, 2.75) is 32.6 Å². The quantitative estimate of drug-likeness (QED) is 0.298. The van der Waals surface area contributed by atoms with Gasteiger partial charge < -0.3 is 11.5 Å². The molecule has 0 radical (unpaired) electrons. The van der Waals surface area contributed by atoms with Gasteiger partial charge in [-0.25, -0.2) is 0 Å². The lowest BCUT2D eigenvalue weighted by molar-refractivity contribution is 0.720. The van der Waals surface area contributed by atoms with Crippen LogP contribution in [0, 0.1) is 0 Å². The number of anilines is 2. The molecule has 0 spiro atoms. The predicted molar refractivity (Wildman–Crippen MR) is 102 cm³/mol. The molecule has 4 aromatic carbocycles. The average Bonchev–Trinajstić information content (AvgIpc) is 2.58. The Balaban J connectivity index is 2.11. The summed E-state index contributed by atoms with van der Waals surface area (Å²) < 4.78 is 0. The highest BCUT2D eigenvalue weighted by Crippen LogP contribution is 2.42. The Morgan fingerprint density at radius 2 is 1.43 bits per heavy atom. The van der Waals surface area contributed by atoms with Crippen LogP contribution in [0.2, 0.25) is 0 Å². The monoisotopic (exact) mass is 302 g/mol. The van der Waals surface area contributed by atoms with E-state index in [1.165, 1.54) is 45.3 Å². The van der Waals surface area contributed by atoms with E-state index in [9.17, 15) is 0 Å². The Morgan fingerprint density at radius 1 is 0.739 bits per heavy atom. The molecule has 116 valence electrons. The average molecular weight is 302 g/mol. The maximum atomic E-state index is 6.41. The van der Waals surface area contributed by atoms with E-state index in [0.29, 0.717) is 0 Å². The van der Waals surface area contributed by atoms with Gasteiger partial charge in [0.1, 0.15) is 0 Å². The van der Waals surface area contributed by atoms with Crippen LogP contribution < -0.4 is 11.5 Å². The van der Waals surface area contributed by atoms with Crippen LogP contribution in [0.15, 0.2) is 42.5 Å². The first-order valence-electron chi connectivity index (χ1n) is 8.45. The molecule has 0 aliphatic heterocycles. The molecule has 0 aliphatic rings. The van der Waals surface area contributed by atoms with Gasteiger partial charge in [-0.05, 0) is 45.3 Å². The van der Waals surface area contributed by atoms with Crippen molar-refractivity contribution in [1.82, 2.24) is 0 Å². The van der Waals surface area contributed by atoms with Gasteiger partial charge in [0.15, 0.2) is 0 Å². The van der Waals surface area contributed by atoms with Crippen LogP contribution in [0.3, 0.4) is 0 Å². The number of hydrogen-bond acceptors (Lipinski definition) is 2. The van der Waals surface area contributed by atoms with Gasteiger partial charge >= 0.3 is 0 Å².